The molecule has 3 rings (SSSR count). The van der Waals surface area contributed by atoms with Crippen LogP contribution in [0.1, 0.15) is 17.4 Å². The summed E-state index contributed by atoms with van der Waals surface area (Å²) in [5.74, 6) is -0.191. The van der Waals surface area contributed by atoms with Crippen molar-refractivity contribution in [2.75, 3.05) is 5.32 Å². The molecular formula is C17H14N2O3. The first kappa shape index (κ1) is 13.9. The van der Waals surface area contributed by atoms with Gasteiger partial charge in [0.2, 0.25) is 5.91 Å². The molecule has 1 heterocycles. The minimum Gasteiger partial charge on any atom is -0.422 e. The SMILES string of the molecule is CC(=O)Nc1ccc(OC(=O)c2cc3ccccc3[nH]2)cc1. The number of H-pyrrole nitrogens is 1. The molecule has 5 nitrogen and oxygen atoms in total. The Labute approximate surface area is 126 Å². The predicted molar refractivity (Wildman–Crippen MR) is 84.0 cm³/mol. The minimum atomic E-state index is -0.455. The van der Waals surface area contributed by atoms with E-state index in [0.29, 0.717) is 17.1 Å². The van der Waals surface area contributed by atoms with E-state index >= 15 is 0 Å². The van der Waals surface area contributed by atoms with Crippen molar-refractivity contribution in [2.24, 2.45) is 0 Å². The number of aromatic nitrogens is 1. The van der Waals surface area contributed by atoms with E-state index < -0.39 is 5.97 Å². The molecule has 0 unspecified atom stereocenters. The van der Waals surface area contributed by atoms with Crippen molar-refractivity contribution < 1.29 is 14.3 Å². The number of esters is 1. The van der Waals surface area contributed by atoms with Crippen LogP contribution in [0.4, 0.5) is 5.69 Å². The molecule has 22 heavy (non-hydrogen) atoms. The number of carbonyl (C=O) groups excluding carboxylic acids is 2. The second kappa shape index (κ2) is 5.73. The van der Waals surface area contributed by atoms with Crippen molar-refractivity contribution in [1.29, 1.82) is 0 Å². The maximum atomic E-state index is 12.1. The Bertz CT molecular complexity index is 801. The molecular weight excluding hydrogens is 280 g/mol. The van der Waals surface area contributed by atoms with Crippen LogP contribution in [0.15, 0.2) is 54.6 Å². The summed E-state index contributed by atoms with van der Waals surface area (Å²) in [5, 5.41) is 3.60. The lowest BCUT2D eigenvalue weighted by atomic mass is 10.2. The first-order valence-electron chi connectivity index (χ1n) is 6.79. The molecule has 1 aromatic heterocycles. The van der Waals surface area contributed by atoms with Gasteiger partial charge in [-0.25, -0.2) is 4.79 Å². The van der Waals surface area contributed by atoms with E-state index in [1.807, 2.05) is 24.3 Å². The topological polar surface area (TPSA) is 71.2 Å². The molecule has 2 N–H and O–H groups in total. The van der Waals surface area contributed by atoms with Crippen molar-refractivity contribution in [1.82, 2.24) is 4.98 Å². The second-order valence-corrected chi connectivity index (χ2v) is 4.87. The molecule has 5 heteroatoms. The van der Waals surface area contributed by atoms with Crippen LogP contribution < -0.4 is 10.1 Å². The molecule has 0 saturated carbocycles. The van der Waals surface area contributed by atoms with Crippen LogP contribution >= 0.6 is 0 Å². The summed E-state index contributed by atoms with van der Waals surface area (Å²) in [4.78, 5) is 26.1. The molecule has 3 aromatic rings. The molecule has 0 spiro atoms. The number of fused-ring (bicyclic) bond motifs is 1. The molecule has 110 valence electrons. The Kier molecular flexibility index (Phi) is 3.62. The number of anilines is 1. The number of benzene rings is 2. The van der Waals surface area contributed by atoms with Crippen LogP contribution in [0.2, 0.25) is 0 Å². The van der Waals surface area contributed by atoms with Crippen LogP contribution in [-0.4, -0.2) is 16.9 Å². The van der Waals surface area contributed by atoms with Crippen LogP contribution in [0.25, 0.3) is 10.9 Å². The normalized spacial score (nSPS) is 10.4. The summed E-state index contributed by atoms with van der Waals surface area (Å²) in [5.41, 5.74) is 1.93. The molecule has 2 aromatic carbocycles. The third-order valence-electron chi connectivity index (χ3n) is 3.14. The number of amides is 1. The van der Waals surface area contributed by atoms with Crippen molar-refractivity contribution in [2.45, 2.75) is 6.92 Å². The summed E-state index contributed by atoms with van der Waals surface area (Å²) >= 11 is 0. The van der Waals surface area contributed by atoms with Gasteiger partial charge in [0.15, 0.2) is 0 Å². The van der Waals surface area contributed by atoms with E-state index in [4.69, 9.17) is 4.74 Å². The number of nitrogens with one attached hydrogen (secondary N) is 2. The lowest BCUT2D eigenvalue weighted by Gasteiger charge is -2.05. The van der Waals surface area contributed by atoms with Crippen molar-refractivity contribution in [3.8, 4) is 5.75 Å². The molecule has 0 radical (unpaired) electrons. The fourth-order valence-corrected chi connectivity index (χ4v) is 2.15. The van der Waals surface area contributed by atoms with Gasteiger partial charge in [-0.3, -0.25) is 4.79 Å². The Morgan fingerprint density at radius 2 is 1.77 bits per heavy atom. The quantitative estimate of drug-likeness (QED) is 0.575. The Balaban J connectivity index is 1.74. The third kappa shape index (κ3) is 2.98. The highest BCUT2D eigenvalue weighted by molar-refractivity contribution is 5.95. The van der Waals surface area contributed by atoms with Crippen molar-refractivity contribution >= 4 is 28.5 Å². The largest absolute Gasteiger partial charge is 0.422 e. The maximum Gasteiger partial charge on any atom is 0.360 e. The number of carbonyl (C=O) groups is 2. The number of para-hydroxylation sites is 1. The van der Waals surface area contributed by atoms with E-state index in [-0.39, 0.29) is 5.91 Å². The molecule has 0 fully saturated rings. The van der Waals surface area contributed by atoms with E-state index in [0.717, 1.165) is 10.9 Å². The first-order chi connectivity index (χ1) is 10.6. The predicted octanol–water partition coefficient (Wildman–Crippen LogP) is 3.35. The van der Waals surface area contributed by atoms with Gasteiger partial charge >= 0.3 is 5.97 Å². The van der Waals surface area contributed by atoms with Gasteiger partial charge in [0.05, 0.1) is 0 Å². The fraction of sp³-hybridized carbons (Fsp3) is 0.0588. The van der Waals surface area contributed by atoms with Crippen molar-refractivity contribution in [3.05, 3.63) is 60.3 Å². The van der Waals surface area contributed by atoms with Gasteiger partial charge < -0.3 is 15.0 Å². The van der Waals surface area contributed by atoms with Gasteiger partial charge in [0, 0.05) is 23.5 Å². The van der Waals surface area contributed by atoms with Crippen LogP contribution in [0, 0.1) is 0 Å². The monoisotopic (exact) mass is 294 g/mol. The van der Waals surface area contributed by atoms with E-state index in [1.165, 1.54) is 6.92 Å². The van der Waals surface area contributed by atoms with Gasteiger partial charge in [0.25, 0.3) is 0 Å². The highest BCUT2D eigenvalue weighted by Crippen LogP contribution is 2.19. The lowest BCUT2D eigenvalue weighted by molar-refractivity contribution is -0.114. The van der Waals surface area contributed by atoms with Gasteiger partial charge in [-0.1, -0.05) is 18.2 Å². The first-order valence-corrected chi connectivity index (χ1v) is 6.79. The second-order valence-electron chi connectivity index (χ2n) is 4.87. The molecule has 0 aliphatic rings. The zero-order chi connectivity index (χ0) is 15.5. The Morgan fingerprint density at radius 1 is 1.05 bits per heavy atom. The van der Waals surface area contributed by atoms with Gasteiger partial charge in [-0.2, -0.15) is 0 Å². The van der Waals surface area contributed by atoms with Crippen molar-refractivity contribution in [3.63, 3.8) is 0 Å². The summed E-state index contributed by atoms with van der Waals surface area (Å²) in [6.45, 7) is 1.43. The van der Waals surface area contributed by atoms with E-state index in [1.54, 1.807) is 30.3 Å². The maximum absolute atomic E-state index is 12.1. The van der Waals surface area contributed by atoms with Gasteiger partial charge in [0.1, 0.15) is 11.4 Å². The number of hydrogen-bond donors (Lipinski definition) is 2. The van der Waals surface area contributed by atoms with E-state index in [2.05, 4.69) is 10.3 Å². The highest BCUT2D eigenvalue weighted by atomic mass is 16.5. The number of aromatic amines is 1. The van der Waals surface area contributed by atoms with Gasteiger partial charge in [-0.05, 0) is 36.4 Å². The molecule has 0 aliphatic heterocycles. The van der Waals surface area contributed by atoms with Gasteiger partial charge in [-0.15, -0.1) is 0 Å². The number of hydrogen-bond acceptors (Lipinski definition) is 3. The summed E-state index contributed by atoms with van der Waals surface area (Å²) < 4.78 is 5.31. The molecule has 0 atom stereocenters. The lowest BCUT2D eigenvalue weighted by Crippen LogP contribution is -2.09. The minimum absolute atomic E-state index is 0.150. The zero-order valence-electron chi connectivity index (χ0n) is 11.9. The average Bonchev–Trinajstić information content (AvgIpc) is 2.93. The molecule has 0 saturated heterocycles. The smallest absolute Gasteiger partial charge is 0.360 e. The zero-order valence-corrected chi connectivity index (χ0v) is 11.9. The highest BCUT2D eigenvalue weighted by Gasteiger charge is 2.11. The average molecular weight is 294 g/mol. The molecule has 0 bridgehead atoms. The Morgan fingerprint density at radius 3 is 2.45 bits per heavy atom. The van der Waals surface area contributed by atoms with Crippen LogP contribution in [0.5, 0.6) is 5.75 Å². The Hall–Kier alpha value is -3.08. The van der Waals surface area contributed by atoms with E-state index in [9.17, 15) is 9.59 Å². The summed E-state index contributed by atoms with van der Waals surface area (Å²) in [6, 6.07) is 16.0. The standard InChI is InChI=1S/C17H14N2O3/c1-11(20)18-13-6-8-14(9-7-13)22-17(21)16-10-12-4-2-3-5-15(12)19-16/h2-10,19H,1H3,(H,18,20). The molecule has 1 amide bonds. The van der Waals surface area contributed by atoms with Crippen LogP contribution in [-0.2, 0) is 4.79 Å². The summed E-state index contributed by atoms with van der Waals surface area (Å²) in [6.07, 6.45) is 0. The van der Waals surface area contributed by atoms with Crippen LogP contribution in [0.3, 0.4) is 0 Å². The number of ether oxygens (including phenoxy) is 1. The number of rotatable bonds is 3. The summed E-state index contributed by atoms with van der Waals surface area (Å²) in [7, 11) is 0. The third-order valence-corrected chi connectivity index (χ3v) is 3.14. The fourth-order valence-electron chi connectivity index (χ4n) is 2.15. The molecule has 0 aliphatic carbocycles.